The number of nitrogens with zero attached hydrogens (tertiary/aromatic N) is 4. The van der Waals surface area contributed by atoms with Crippen LogP contribution < -0.4 is 4.90 Å². The van der Waals surface area contributed by atoms with E-state index in [4.69, 9.17) is 6.57 Å². The van der Waals surface area contributed by atoms with Gasteiger partial charge in [-0.25, -0.2) is 4.85 Å². The van der Waals surface area contributed by atoms with Crippen molar-refractivity contribution in [1.29, 1.82) is 0 Å². The smallest absolute Gasteiger partial charge is 0.222 e. The molecular formula is C20H23N5O. The number of nitrogens with one attached hydrogen (secondary N) is 1. The molecule has 6 heteroatoms. The van der Waals surface area contributed by atoms with Gasteiger partial charge in [0, 0.05) is 50.0 Å². The Labute approximate surface area is 153 Å². The summed E-state index contributed by atoms with van der Waals surface area (Å²) in [7, 11) is 0. The zero-order chi connectivity index (χ0) is 17.9. The molecule has 1 N–H and O–H groups in total. The maximum absolute atomic E-state index is 11.8. The van der Waals surface area contributed by atoms with Crippen molar-refractivity contribution in [1.82, 2.24) is 15.1 Å². The lowest BCUT2D eigenvalue weighted by Gasteiger charge is -2.36. The van der Waals surface area contributed by atoms with Gasteiger partial charge in [-0.05, 0) is 42.9 Å². The third-order valence-corrected chi connectivity index (χ3v) is 5.53. The van der Waals surface area contributed by atoms with E-state index >= 15 is 0 Å². The first kappa shape index (κ1) is 16.6. The van der Waals surface area contributed by atoms with E-state index in [1.54, 1.807) is 6.20 Å². The molecule has 134 valence electrons. The first-order valence-electron chi connectivity index (χ1n) is 9.28. The molecule has 3 heterocycles. The second-order valence-electron chi connectivity index (χ2n) is 7.18. The van der Waals surface area contributed by atoms with Gasteiger partial charge in [0.15, 0.2) is 0 Å². The lowest BCUT2D eigenvalue weighted by Crippen LogP contribution is -2.39. The topological polar surface area (TPSA) is 56.6 Å². The summed E-state index contributed by atoms with van der Waals surface area (Å²) in [6, 6.07) is 6.06. The van der Waals surface area contributed by atoms with Crippen LogP contribution in [0.1, 0.15) is 25.7 Å². The number of carbonyl (C=O) groups excluding carboxylic acids is 1. The number of likely N-dealkylation sites (tertiary alicyclic amines) is 1. The van der Waals surface area contributed by atoms with Gasteiger partial charge in [-0.1, -0.05) is 6.07 Å². The molecule has 1 aromatic heterocycles. The summed E-state index contributed by atoms with van der Waals surface area (Å²) in [5, 5.41) is 6.80. The van der Waals surface area contributed by atoms with Gasteiger partial charge in [0.25, 0.3) is 0 Å². The number of amides is 1. The number of hydrogen-bond acceptors (Lipinski definition) is 3. The molecule has 2 aromatic rings. The minimum Gasteiger partial charge on any atom is -0.380 e. The SMILES string of the molecule is [C-]#[N+]c1cc(-c2cn[nH]c2)ccc1N1CCC(CN2CCCC2=O)CC1. The normalized spacial score (nSPS) is 18.3. The third kappa shape index (κ3) is 3.30. The maximum Gasteiger partial charge on any atom is 0.222 e. The van der Waals surface area contributed by atoms with Gasteiger partial charge in [0.05, 0.1) is 12.8 Å². The Morgan fingerprint density at radius 2 is 2.08 bits per heavy atom. The van der Waals surface area contributed by atoms with Crippen molar-refractivity contribution in [2.45, 2.75) is 25.7 Å². The first-order valence-corrected chi connectivity index (χ1v) is 9.28. The van der Waals surface area contributed by atoms with Crippen LogP contribution in [-0.4, -0.2) is 47.2 Å². The summed E-state index contributed by atoms with van der Waals surface area (Å²) in [4.78, 5) is 19.9. The molecule has 0 unspecified atom stereocenters. The van der Waals surface area contributed by atoms with Gasteiger partial charge in [-0.15, -0.1) is 0 Å². The molecule has 2 aliphatic rings. The fraction of sp³-hybridized carbons (Fsp3) is 0.450. The van der Waals surface area contributed by atoms with E-state index in [9.17, 15) is 4.79 Å². The fourth-order valence-corrected chi connectivity index (χ4v) is 4.03. The second kappa shape index (κ2) is 7.20. The van der Waals surface area contributed by atoms with Crippen molar-refractivity contribution in [3.63, 3.8) is 0 Å². The van der Waals surface area contributed by atoms with E-state index in [1.807, 2.05) is 17.2 Å². The molecule has 0 radical (unpaired) electrons. The van der Waals surface area contributed by atoms with Crippen molar-refractivity contribution in [2.24, 2.45) is 5.92 Å². The molecule has 1 amide bonds. The van der Waals surface area contributed by atoms with Crippen LogP contribution in [0.2, 0.25) is 0 Å². The van der Waals surface area contributed by atoms with Gasteiger partial charge >= 0.3 is 0 Å². The number of H-pyrrole nitrogens is 1. The Morgan fingerprint density at radius 3 is 2.73 bits per heavy atom. The molecule has 6 nitrogen and oxygen atoms in total. The van der Waals surface area contributed by atoms with Crippen molar-refractivity contribution in [3.05, 3.63) is 42.0 Å². The number of rotatable bonds is 4. The van der Waals surface area contributed by atoms with Crippen molar-refractivity contribution < 1.29 is 4.79 Å². The van der Waals surface area contributed by atoms with Gasteiger partial charge < -0.3 is 9.80 Å². The molecule has 0 atom stereocenters. The van der Waals surface area contributed by atoms with Gasteiger partial charge in [-0.2, -0.15) is 5.10 Å². The highest BCUT2D eigenvalue weighted by molar-refractivity contribution is 5.79. The van der Waals surface area contributed by atoms with E-state index in [-0.39, 0.29) is 0 Å². The van der Waals surface area contributed by atoms with E-state index in [0.29, 0.717) is 17.5 Å². The predicted molar refractivity (Wildman–Crippen MR) is 101 cm³/mol. The van der Waals surface area contributed by atoms with Crippen molar-refractivity contribution in [3.8, 4) is 11.1 Å². The van der Waals surface area contributed by atoms with E-state index in [0.717, 1.165) is 68.7 Å². The number of piperidine rings is 1. The van der Waals surface area contributed by atoms with Crippen LogP contribution in [-0.2, 0) is 4.79 Å². The van der Waals surface area contributed by atoms with Crippen LogP contribution in [0.3, 0.4) is 0 Å². The maximum atomic E-state index is 11.8. The molecule has 2 saturated heterocycles. The van der Waals surface area contributed by atoms with Crippen LogP contribution in [0.5, 0.6) is 0 Å². The Kier molecular flexibility index (Phi) is 4.61. The molecule has 1 aromatic carbocycles. The Morgan fingerprint density at radius 1 is 1.23 bits per heavy atom. The number of carbonyl (C=O) groups is 1. The minimum atomic E-state index is 0.317. The predicted octanol–water partition coefficient (Wildman–Crippen LogP) is 3.47. The zero-order valence-electron chi connectivity index (χ0n) is 14.8. The molecule has 26 heavy (non-hydrogen) atoms. The number of anilines is 1. The molecule has 0 bridgehead atoms. The lowest BCUT2D eigenvalue weighted by atomic mass is 9.95. The molecule has 0 aliphatic carbocycles. The highest BCUT2D eigenvalue weighted by atomic mass is 16.2. The molecule has 2 aliphatic heterocycles. The zero-order valence-corrected chi connectivity index (χ0v) is 14.8. The highest BCUT2D eigenvalue weighted by Crippen LogP contribution is 2.35. The summed E-state index contributed by atoms with van der Waals surface area (Å²) >= 11 is 0. The minimum absolute atomic E-state index is 0.317. The Hall–Kier alpha value is -2.81. The van der Waals surface area contributed by atoms with Crippen LogP contribution in [0.25, 0.3) is 16.0 Å². The monoisotopic (exact) mass is 349 g/mol. The van der Waals surface area contributed by atoms with E-state index in [1.165, 1.54) is 0 Å². The van der Waals surface area contributed by atoms with E-state index in [2.05, 4.69) is 32.1 Å². The average Bonchev–Trinajstić information content (AvgIpc) is 3.34. The number of hydrogen-bond donors (Lipinski definition) is 1. The van der Waals surface area contributed by atoms with E-state index < -0.39 is 0 Å². The highest BCUT2D eigenvalue weighted by Gasteiger charge is 2.27. The van der Waals surface area contributed by atoms with Gasteiger partial charge in [0.1, 0.15) is 0 Å². The van der Waals surface area contributed by atoms with Gasteiger partial charge in [-0.3, -0.25) is 9.89 Å². The van der Waals surface area contributed by atoms with Crippen LogP contribution in [0, 0.1) is 12.5 Å². The average molecular weight is 349 g/mol. The standard InChI is InChI=1S/C20H23N5O/c1-21-18-11-16(17-12-22-23-13-17)4-5-19(18)24-9-6-15(7-10-24)14-25-8-2-3-20(25)26/h4-5,11-13,15H,2-3,6-10,14H2,(H,22,23). The summed E-state index contributed by atoms with van der Waals surface area (Å²) in [6.45, 7) is 11.3. The first-order chi connectivity index (χ1) is 12.7. The summed E-state index contributed by atoms with van der Waals surface area (Å²) in [5.74, 6) is 0.896. The quantitative estimate of drug-likeness (QED) is 0.860. The molecule has 2 fully saturated rings. The summed E-state index contributed by atoms with van der Waals surface area (Å²) < 4.78 is 0. The summed E-state index contributed by atoms with van der Waals surface area (Å²) in [5.41, 5.74) is 3.71. The van der Waals surface area contributed by atoms with Crippen LogP contribution in [0.15, 0.2) is 30.6 Å². The third-order valence-electron chi connectivity index (χ3n) is 5.53. The largest absolute Gasteiger partial charge is 0.380 e. The number of benzene rings is 1. The second-order valence-corrected chi connectivity index (χ2v) is 7.18. The molecule has 0 spiro atoms. The fourth-order valence-electron chi connectivity index (χ4n) is 4.03. The van der Waals surface area contributed by atoms with Crippen molar-refractivity contribution >= 4 is 17.3 Å². The van der Waals surface area contributed by atoms with Crippen molar-refractivity contribution in [2.75, 3.05) is 31.1 Å². The Balaban J connectivity index is 1.42. The molecule has 0 saturated carbocycles. The van der Waals surface area contributed by atoms with Crippen LogP contribution >= 0.6 is 0 Å². The molecule has 4 rings (SSSR count). The number of aromatic nitrogens is 2. The van der Waals surface area contributed by atoms with Crippen LogP contribution in [0.4, 0.5) is 11.4 Å². The van der Waals surface area contributed by atoms with Gasteiger partial charge in [0.2, 0.25) is 11.6 Å². The molecular weight excluding hydrogens is 326 g/mol. The number of aromatic amines is 1. The lowest BCUT2D eigenvalue weighted by molar-refractivity contribution is -0.128. The summed E-state index contributed by atoms with van der Waals surface area (Å²) in [6.07, 6.45) is 7.49. The Bertz CT molecular complexity index is 815.